The van der Waals surface area contributed by atoms with Gasteiger partial charge in [0.2, 0.25) is 0 Å². The Hall–Kier alpha value is -3.80. The van der Waals surface area contributed by atoms with E-state index in [1.807, 2.05) is 24.3 Å². The Bertz CT molecular complexity index is 1080. The third kappa shape index (κ3) is 3.59. The normalized spacial score (nSPS) is 12.1. The first kappa shape index (κ1) is 19.5. The van der Waals surface area contributed by atoms with Crippen molar-refractivity contribution in [3.63, 3.8) is 0 Å². The summed E-state index contributed by atoms with van der Waals surface area (Å²) in [6.07, 6.45) is -0.581. The Kier molecular flexibility index (Phi) is 5.14. The van der Waals surface area contributed by atoms with Gasteiger partial charge in [-0.1, -0.05) is 48.5 Å². The number of benzene rings is 3. The number of nitrogens with zero attached hydrogens (tertiary/aromatic N) is 1. The number of anilines is 2. The fraction of sp³-hybridized carbons (Fsp3) is 0.167. The molecule has 0 atom stereocenters. The zero-order chi connectivity index (χ0) is 21.3. The van der Waals surface area contributed by atoms with Crippen LogP contribution in [-0.2, 0) is 4.74 Å². The van der Waals surface area contributed by atoms with Crippen molar-refractivity contribution in [3.05, 3.63) is 83.4 Å². The summed E-state index contributed by atoms with van der Waals surface area (Å²) in [6, 6.07) is 20.8. The lowest BCUT2D eigenvalue weighted by Crippen LogP contribution is -2.20. The molecule has 0 fully saturated rings. The molecule has 3 aromatic carbocycles. The molecule has 6 nitrogen and oxygen atoms in total. The first-order valence-corrected chi connectivity index (χ1v) is 9.62. The van der Waals surface area contributed by atoms with Gasteiger partial charge in [0.05, 0.1) is 16.9 Å². The van der Waals surface area contributed by atoms with Gasteiger partial charge in [-0.2, -0.15) is 0 Å². The zero-order valence-electron chi connectivity index (χ0n) is 16.8. The number of fused-ring (bicyclic) bond motifs is 3. The molecule has 2 N–H and O–H groups in total. The van der Waals surface area contributed by atoms with Crippen LogP contribution in [0.4, 0.5) is 16.2 Å². The molecule has 0 heterocycles. The van der Waals surface area contributed by atoms with Crippen LogP contribution in [0.1, 0.15) is 27.4 Å². The molecule has 4 rings (SSSR count). The predicted molar refractivity (Wildman–Crippen MR) is 116 cm³/mol. The highest BCUT2D eigenvalue weighted by Gasteiger charge is 2.29. The van der Waals surface area contributed by atoms with E-state index in [0.717, 1.165) is 11.1 Å². The quantitative estimate of drug-likeness (QED) is 0.640. The Morgan fingerprint density at radius 2 is 1.57 bits per heavy atom. The van der Waals surface area contributed by atoms with Crippen LogP contribution < -0.4 is 10.2 Å². The zero-order valence-corrected chi connectivity index (χ0v) is 16.8. The van der Waals surface area contributed by atoms with Crippen LogP contribution in [0.25, 0.3) is 11.1 Å². The van der Waals surface area contributed by atoms with Crippen LogP contribution in [0.3, 0.4) is 0 Å². The van der Waals surface area contributed by atoms with Gasteiger partial charge in [0.1, 0.15) is 6.61 Å². The molecule has 0 unspecified atom stereocenters. The molecule has 0 radical (unpaired) electrons. The van der Waals surface area contributed by atoms with Crippen molar-refractivity contribution in [3.8, 4) is 11.1 Å². The van der Waals surface area contributed by atoms with Gasteiger partial charge in [0.15, 0.2) is 0 Å². The number of carbonyl (C=O) groups excluding carboxylic acids is 1. The lowest BCUT2D eigenvalue weighted by molar-refractivity contribution is 0.0697. The van der Waals surface area contributed by atoms with Crippen LogP contribution in [0.2, 0.25) is 0 Å². The Labute approximate surface area is 174 Å². The van der Waals surface area contributed by atoms with E-state index in [-0.39, 0.29) is 18.1 Å². The van der Waals surface area contributed by atoms with Crippen molar-refractivity contribution < 1.29 is 19.4 Å². The van der Waals surface area contributed by atoms with E-state index < -0.39 is 12.1 Å². The standard InChI is InChI=1S/C24H22N2O4/c1-26(2)22-13-15(23(27)28)11-12-21(22)25-24(29)30-14-20-18-9-5-3-7-16(18)17-8-4-6-10-19(17)20/h3-13,20H,14H2,1-2H3,(H,25,29)(H,27,28). The highest BCUT2D eigenvalue weighted by Crippen LogP contribution is 2.44. The van der Waals surface area contributed by atoms with E-state index in [0.29, 0.717) is 11.4 Å². The predicted octanol–water partition coefficient (Wildman–Crippen LogP) is 4.81. The summed E-state index contributed by atoms with van der Waals surface area (Å²) in [5, 5.41) is 11.9. The molecule has 1 amide bonds. The average Bonchev–Trinajstić information content (AvgIpc) is 3.06. The van der Waals surface area contributed by atoms with Gasteiger partial charge >= 0.3 is 12.1 Å². The molecular formula is C24H22N2O4. The molecule has 1 aliphatic rings. The number of hydrogen-bond acceptors (Lipinski definition) is 4. The molecule has 0 bridgehead atoms. The van der Waals surface area contributed by atoms with Crippen molar-refractivity contribution in [1.29, 1.82) is 0 Å². The molecule has 0 aliphatic heterocycles. The van der Waals surface area contributed by atoms with E-state index in [1.54, 1.807) is 25.1 Å². The first-order valence-electron chi connectivity index (χ1n) is 9.62. The van der Waals surface area contributed by atoms with Crippen LogP contribution >= 0.6 is 0 Å². The second-order valence-electron chi connectivity index (χ2n) is 7.38. The van der Waals surface area contributed by atoms with Gasteiger partial charge in [-0.25, -0.2) is 9.59 Å². The van der Waals surface area contributed by atoms with Crippen LogP contribution in [0, 0.1) is 0 Å². The molecule has 0 spiro atoms. The summed E-state index contributed by atoms with van der Waals surface area (Å²) in [4.78, 5) is 25.5. The van der Waals surface area contributed by atoms with Crippen molar-refractivity contribution in [1.82, 2.24) is 0 Å². The highest BCUT2D eigenvalue weighted by molar-refractivity contribution is 5.94. The van der Waals surface area contributed by atoms with Gasteiger partial charge in [-0.05, 0) is 40.5 Å². The minimum Gasteiger partial charge on any atom is -0.478 e. The maximum atomic E-state index is 12.5. The molecule has 0 saturated heterocycles. The summed E-state index contributed by atoms with van der Waals surface area (Å²) in [7, 11) is 3.56. The molecular weight excluding hydrogens is 380 g/mol. The molecule has 1 aliphatic carbocycles. The van der Waals surface area contributed by atoms with Gasteiger partial charge < -0.3 is 14.7 Å². The van der Waals surface area contributed by atoms with E-state index in [2.05, 4.69) is 29.6 Å². The first-order chi connectivity index (χ1) is 14.5. The Balaban J connectivity index is 1.51. The molecule has 0 aromatic heterocycles. The van der Waals surface area contributed by atoms with Gasteiger partial charge in [-0.3, -0.25) is 5.32 Å². The number of hydrogen-bond donors (Lipinski definition) is 2. The molecule has 152 valence electrons. The maximum Gasteiger partial charge on any atom is 0.411 e. The maximum absolute atomic E-state index is 12.5. The summed E-state index contributed by atoms with van der Waals surface area (Å²) in [6.45, 7) is 0.213. The van der Waals surface area contributed by atoms with E-state index >= 15 is 0 Å². The number of carboxylic acid groups (broad SMARTS) is 1. The number of ether oxygens (including phenoxy) is 1. The van der Waals surface area contributed by atoms with Crippen LogP contribution in [0.15, 0.2) is 66.7 Å². The Morgan fingerprint density at radius 3 is 2.13 bits per heavy atom. The van der Waals surface area contributed by atoms with Crippen molar-refractivity contribution in [2.75, 3.05) is 30.9 Å². The number of aromatic carboxylic acids is 1. The molecule has 30 heavy (non-hydrogen) atoms. The SMILES string of the molecule is CN(C)c1cc(C(=O)O)ccc1NC(=O)OCC1c2ccccc2-c2ccccc21. The minimum atomic E-state index is -1.02. The van der Waals surface area contributed by atoms with Crippen molar-refractivity contribution in [2.24, 2.45) is 0 Å². The summed E-state index contributed by atoms with van der Waals surface area (Å²) >= 11 is 0. The smallest absolute Gasteiger partial charge is 0.411 e. The number of carboxylic acids is 1. The lowest BCUT2D eigenvalue weighted by atomic mass is 9.98. The highest BCUT2D eigenvalue weighted by atomic mass is 16.5. The monoisotopic (exact) mass is 402 g/mol. The summed E-state index contributed by atoms with van der Waals surface area (Å²) in [5.41, 5.74) is 5.85. The van der Waals surface area contributed by atoms with Crippen LogP contribution in [0.5, 0.6) is 0 Å². The third-order valence-electron chi connectivity index (χ3n) is 5.31. The third-order valence-corrected chi connectivity index (χ3v) is 5.31. The topological polar surface area (TPSA) is 78.9 Å². The average molecular weight is 402 g/mol. The van der Waals surface area contributed by atoms with Crippen molar-refractivity contribution >= 4 is 23.4 Å². The summed E-state index contributed by atoms with van der Waals surface area (Å²) in [5.74, 6) is -1.04. The van der Waals surface area contributed by atoms with Gasteiger partial charge in [-0.15, -0.1) is 0 Å². The van der Waals surface area contributed by atoms with E-state index in [1.165, 1.54) is 23.3 Å². The van der Waals surface area contributed by atoms with E-state index in [4.69, 9.17) is 4.74 Å². The number of rotatable bonds is 5. The number of nitrogens with one attached hydrogen (secondary N) is 1. The minimum absolute atomic E-state index is 0.0224. The van der Waals surface area contributed by atoms with Crippen LogP contribution in [-0.4, -0.2) is 37.9 Å². The van der Waals surface area contributed by atoms with Gasteiger partial charge in [0, 0.05) is 20.0 Å². The number of amides is 1. The summed E-state index contributed by atoms with van der Waals surface area (Å²) < 4.78 is 5.57. The second kappa shape index (κ2) is 7.91. The molecule has 0 saturated carbocycles. The van der Waals surface area contributed by atoms with Crippen molar-refractivity contribution in [2.45, 2.75) is 5.92 Å². The largest absolute Gasteiger partial charge is 0.478 e. The fourth-order valence-electron chi connectivity index (χ4n) is 3.88. The fourth-order valence-corrected chi connectivity index (χ4v) is 3.88. The number of carbonyl (C=O) groups is 2. The molecule has 3 aromatic rings. The second-order valence-corrected chi connectivity index (χ2v) is 7.38. The Morgan fingerprint density at radius 1 is 0.967 bits per heavy atom. The lowest BCUT2D eigenvalue weighted by Gasteiger charge is -2.19. The van der Waals surface area contributed by atoms with E-state index in [9.17, 15) is 14.7 Å². The van der Waals surface area contributed by atoms with Gasteiger partial charge in [0.25, 0.3) is 0 Å². The molecule has 6 heteroatoms.